The molecule has 0 spiro atoms. The fourth-order valence-corrected chi connectivity index (χ4v) is 1.15. The Morgan fingerprint density at radius 1 is 1.38 bits per heavy atom. The van der Waals surface area contributed by atoms with Crippen molar-refractivity contribution in [2.45, 2.75) is 12.1 Å². The highest BCUT2D eigenvalue weighted by molar-refractivity contribution is 4.84. The van der Waals surface area contributed by atoms with Gasteiger partial charge in [0.25, 0.3) is 0 Å². The Morgan fingerprint density at radius 2 is 2.38 bits per heavy atom. The summed E-state index contributed by atoms with van der Waals surface area (Å²) >= 11 is 0. The summed E-state index contributed by atoms with van der Waals surface area (Å²) in [6.07, 6.45) is 0.343. The predicted molar refractivity (Wildman–Crippen MR) is 27.5 cm³/mol. The molecule has 2 aliphatic heterocycles. The van der Waals surface area contributed by atoms with Crippen molar-refractivity contribution < 1.29 is 9.47 Å². The molecule has 2 unspecified atom stereocenters. The standard InChI is InChI=1S/C5H9NO2/c1-4-5(2-7-1)8-3-6-4/h4-6H,1-3H2. The van der Waals surface area contributed by atoms with Crippen molar-refractivity contribution in [2.75, 3.05) is 19.9 Å². The summed E-state index contributed by atoms with van der Waals surface area (Å²) in [6, 6.07) is 0.481. The molecule has 2 fully saturated rings. The van der Waals surface area contributed by atoms with Gasteiger partial charge in [-0.15, -0.1) is 0 Å². The Balaban J connectivity index is 2.04. The van der Waals surface area contributed by atoms with Crippen molar-refractivity contribution in [3.8, 4) is 0 Å². The van der Waals surface area contributed by atoms with Crippen LogP contribution in [0.15, 0.2) is 0 Å². The maximum Gasteiger partial charge on any atom is 0.100 e. The van der Waals surface area contributed by atoms with E-state index in [1.807, 2.05) is 0 Å². The highest BCUT2D eigenvalue weighted by Crippen LogP contribution is 2.13. The third-order valence-corrected chi connectivity index (χ3v) is 1.67. The predicted octanol–water partition coefficient (Wildman–Crippen LogP) is -0.669. The van der Waals surface area contributed by atoms with E-state index in [9.17, 15) is 0 Å². The summed E-state index contributed by atoms with van der Waals surface area (Å²) < 4.78 is 10.4. The molecule has 3 nitrogen and oxygen atoms in total. The Labute approximate surface area is 48.0 Å². The zero-order chi connectivity index (χ0) is 5.40. The number of rotatable bonds is 0. The SMILES string of the molecule is C1NC2COCC2O1. The van der Waals surface area contributed by atoms with E-state index in [0.717, 1.165) is 13.2 Å². The minimum Gasteiger partial charge on any atom is -0.377 e. The fourth-order valence-electron chi connectivity index (χ4n) is 1.15. The lowest BCUT2D eigenvalue weighted by molar-refractivity contribution is 0.0684. The van der Waals surface area contributed by atoms with E-state index < -0.39 is 0 Å². The van der Waals surface area contributed by atoms with Crippen molar-refractivity contribution in [2.24, 2.45) is 0 Å². The van der Waals surface area contributed by atoms with Crippen LogP contribution in [0.5, 0.6) is 0 Å². The minimum atomic E-state index is 0.343. The van der Waals surface area contributed by atoms with Gasteiger partial charge in [-0.25, -0.2) is 0 Å². The van der Waals surface area contributed by atoms with E-state index in [-0.39, 0.29) is 0 Å². The third-order valence-electron chi connectivity index (χ3n) is 1.67. The summed E-state index contributed by atoms with van der Waals surface area (Å²) in [5.74, 6) is 0. The van der Waals surface area contributed by atoms with Gasteiger partial charge in [0, 0.05) is 0 Å². The number of hydrogen-bond acceptors (Lipinski definition) is 3. The van der Waals surface area contributed by atoms with Crippen LogP contribution in [-0.2, 0) is 9.47 Å². The molecule has 0 aromatic carbocycles. The van der Waals surface area contributed by atoms with Gasteiger partial charge in [0.15, 0.2) is 0 Å². The summed E-state index contributed by atoms with van der Waals surface area (Å²) in [5, 5.41) is 3.17. The van der Waals surface area contributed by atoms with Gasteiger partial charge in [0.2, 0.25) is 0 Å². The van der Waals surface area contributed by atoms with Crippen LogP contribution in [0.2, 0.25) is 0 Å². The second-order valence-corrected chi connectivity index (χ2v) is 2.20. The lowest BCUT2D eigenvalue weighted by Gasteiger charge is -2.00. The van der Waals surface area contributed by atoms with Gasteiger partial charge in [-0.05, 0) is 0 Å². The van der Waals surface area contributed by atoms with Crippen molar-refractivity contribution in [1.82, 2.24) is 5.32 Å². The molecule has 1 N–H and O–H groups in total. The number of fused-ring (bicyclic) bond motifs is 1. The van der Waals surface area contributed by atoms with Crippen molar-refractivity contribution in [3.05, 3.63) is 0 Å². The lowest BCUT2D eigenvalue weighted by Crippen LogP contribution is -2.28. The molecule has 2 rings (SSSR count). The van der Waals surface area contributed by atoms with Gasteiger partial charge in [-0.3, -0.25) is 5.32 Å². The Bertz CT molecular complexity index is 76.4. The zero-order valence-electron chi connectivity index (χ0n) is 4.59. The van der Waals surface area contributed by atoms with Crippen LogP contribution in [0, 0.1) is 0 Å². The molecular weight excluding hydrogens is 106 g/mol. The molecule has 0 aromatic rings. The van der Waals surface area contributed by atoms with E-state index in [1.54, 1.807) is 0 Å². The quantitative estimate of drug-likeness (QED) is 0.454. The Kier molecular flexibility index (Phi) is 0.997. The van der Waals surface area contributed by atoms with E-state index in [2.05, 4.69) is 5.32 Å². The van der Waals surface area contributed by atoms with Crippen molar-refractivity contribution >= 4 is 0 Å². The molecular formula is C5H9NO2. The van der Waals surface area contributed by atoms with Crippen LogP contribution in [-0.4, -0.2) is 32.1 Å². The molecule has 0 saturated carbocycles. The number of hydrogen-bond donors (Lipinski definition) is 1. The van der Waals surface area contributed by atoms with Gasteiger partial charge < -0.3 is 9.47 Å². The van der Waals surface area contributed by atoms with E-state index >= 15 is 0 Å². The van der Waals surface area contributed by atoms with Crippen molar-refractivity contribution in [1.29, 1.82) is 0 Å². The van der Waals surface area contributed by atoms with Gasteiger partial charge in [-0.1, -0.05) is 0 Å². The molecule has 2 aliphatic rings. The molecule has 46 valence electrons. The zero-order valence-corrected chi connectivity index (χ0v) is 4.59. The van der Waals surface area contributed by atoms with E-state index in [0.29, 0.717) is 18.9 Å². The molecule has 2 saturated heterocycles. The maximum atomic E-state index is 5.24. The second-order valence-electron chi connectivity index (χ2n) is 2.20. The monoisotopic (exact) mass is 115 g/mol. The van der Waals surface area contributed by atoms with Crippen LogP contribution in [0.4, 0.5) is 0 Å². The van der Waals surface area contributed by atoms with Gasteiger partial charge in [0.1, 0.15) is 6.10 Å². The highest BCUT2D eigenvalue weighted by atomic mass is 16.6. The molecule has 3 heteroatoms. The highest BCUT2D eigenvalue weighted by Gasteiger charge is 2.32. The normalized spacial score (nSPS) is 45.0. The average Bonchev–Trinajstić information content (AvgIpc) is 2.15. The molecule has 2 atom stereocenters. The van der Waals surface area contributed by atoms with Crippen LogP contribution in [0.1, 0.15) is 0 Å². The van der Waals surface area contributed by atoms with Crippen LogP contribution in [0.25, 0.3) is 0 Å². The van der Waals surface area contributed by atoms with E-state index in [4.69, 9.17) is 9.47 Å². The topological polar surface area (TPSA) is 30.5 Å². The van der Waals surface area contributed by atoms with Gasteiger partial charge in [-0.2, -0.15) is 0 Å². The summed E-state index contributed by atoms with van der Waals surface area (Å²) in [6.45, 7) is 2.31. The fraction of sp³-hybridized carbons (Fsp3) is 1.00. The van der Waals surface area contributed by atoms with Gasteiger partial charge >= 0.3 is 0 Å². The van der Waals surface area contributed by atoms with Crippen LogP contribution in [0.3, 0.4) is 0 Å². The molecule has 0 aliphatic carbocycles. The molecule has 0 radical (unpaired) electrons. The largest absolute Gasteiger partial charge is 0.377 e. The first-order valence-electron chi connectivity index (χ1n) is 2.89. The number of ether oxygens (including phenoxy) is 2. The minimum absolute atomic E-state index is 0.343. The molecule has 2 heterocycles. The first-order chi connectivity index (χ1) is 3.97. The summed E-state index contributed by atoms with van der Waals surface area (Å²) in [5.41, 5.74) is 0. The summed E-state index contributed by atoms with van der Waals surface area (Å²) in [4.78, 5) is 0. The Morgan fingerprint density at radius 3 is 3.25 bits per heavy atom. The van der Waals surface area contributed by atoms with E-state index in [1.165, 1.54) is 0 Å². The maximum absolute atomic E-state index is 5.24. The Hall–Kier alpha value is -0.120. The third kappa shape index (κ3) is 0.555. The van der Waals surface area contributed by atoms with Gasteiger partial charge in [0.05, 0.1) is 26.0 Å². The van der Waals surface area contributed by atoms with Crippen LogP contribution < -0.4 is 5.32 Å². The molecule has 0 amide bonds. The molecule has 0 aromatic heterocycles. The smallest absolute Gasteiger partial charge is 0.100 e. The average molecular weight is 115 g/mol. The van der Waals surface area contributed by atoms with Crippen LogP contribution >= 0.6 is 0 Å². The second kappa shape index (κ2) is 1.69. The molecule has 8 heavy (non-hydrogen) atoms. The lowest BCUT2D eigenvalue weighted by atomic mass is 10.2. The summed E-state index contributed by atoms with van der Waals surface area (Å²) in [7, 11) is 0. The number of nitrogens with one attached hydrogen (secondary N) is 1. The first-order valence-corrected chi connectivity index (χ1v) is 2.89. The first kappa shape index (κ1) is 4.73. The van der Waals surface area contributed by atoms with Crippen molar-refractivity contribution in [3.63, 3.8) is 0 Å². The molecule has 0 bridgehead atoms.